The first kappa shape index (κ1) is 68.8. The van der Waals surface area contributed by atoms with E-state index in [9.17, 15) is 0 Å². The summed E-state index contributed by atoms with van der Waals surface area (Å²) in [6.45, 7) is 55.0. The van der Waals surface area contributed by atoms with Gasteiger partial charge in [-0.05, 0) is 163 Å². The Kier molecular flexibility index (Phi) is 27.3. The lowest BCUT2D eigenvalue weighted by Crippen LogP contribution is -2.10. The molecule has 0 atom stereocenters. The Morgan fingerprint density at radius 2 is 0.534 bits per heavy atom. The van der Waals surface area contributed by atoms with Crippen molar-refractivity contribution in [2.75, 3.05) is 0 Å². The van der Waals surface area contributed by atoms with Crippen LogP contribution in [0, 0.1) is 34.3 Å². The predicted molar refractivity (Wildman–Crippen MR) is 345 cm³/mol. The molecule has 6 aromatic rings. The fraction of sp³-hybridized carbons (Fsp3) is 0.431. The van der Waals surface area contributed by atoms with E-state index >= 15 is 0 Å². The van der Waals surface area contributed by atoms with Gasteiger partial charge in [0.1, 0.15) is 0 Å². The minimum atomic E-state index is 0.111. The average molecular weight is 1350 g/mol. The molecule has 0 spiro atoms. The molecular weight excluding hydrogens is 1270 g/mol. The molecule has 73 heavy (non-hydrogen) atoms. The van der Waals surface area contributed by atoms with Crippen molar-refractivity contribution >= 4 is 109 Å². The highest BCUT2D eigenvalue weighted by Gasteiger charge is 2.18. The predicted octanol–water partition coefficient (Wildman–Crippen LogP) is 24.8. The molecule has 0 N–H and O–H groups in total. The maximum Gasteiger partial charge on any atom is 0.201 e. The van der Waals surface area contributed by atoms with E-state index in [-0.39, 0.29) is 32.5 Å². The highest BCUT2D eigenvalue weighted by atomic mass is 79.9. The molecule has 6 rings (SSSR count). The van der Waals surface area contributed by atoms with Gasteiger partial charge in [0.05, 0.1) is 11.6 Å². The van der Waals surface area contributed by atoms with Gasteiger partial charge >= 0.3 is 0 Å². The molecule has 0 heterocycles. The zero-order valence-electron chi connectivity index (χ0n) is 48.0. The fourth-order valence-electron chi connectivity index (χ4n) is 6.47. The van der Waals surface area contributed by atoms with Crippen LogP contribution in [0.2, 0.25) is 10.0 Å². The van der Waals surface area contributed by atoms with E-state index in [0.717, 1.165) is 24.6 Å². The molecule has 0 amide bonds. The van der Waals surface area contributed by atoms with Gasteiger partial charge < -0.3 is 0 Å². The average Bonchev–Trinajstić information content (AvgIpc) is 3.25. The summed E-state index contributed by atoms with van der Waals surface area (Å²) in [5.74, 6) is 0. The van der Waals surface area contributed by atoms with Gasteiger partial charge in [0.15, 0.2) is 0 Å². The van der Waals surface area contributed by atoms with E-state index in [1.165, 1.54) is 63.5 Å². The highest BCUT2D eigenvalue weighted by molar-refractivity contribution is 9.11. The Bertz CT molecular complexity index is 2400. The molecule has 0 fully saturated rings. The summed E-state index contributed by atoms with van der Waals surface area (Å²) >= 11 is 29.1. The second kappa shape index (κ2) is 29.0. The molecule has 8 heteroatoms. The van der Waals surface area contributed by atoms with Gasteiger partial charge in [-0.2, -0.15) is 0 Å². The van der Waals surface area contributed by atoms with E-state index < -0.39 is 0 Å². The molecule has 0 aliphatic rings. The summed E-state index contributed by atoms with van der Waals surface area (Å²) in [6.07, 6.45) is 0. The number of aryl methyl sites for hydroxylation is 4. The van der Waals surface area contributed by atoms with Crippen molar-refractivity contribution in [3.8, 4) is 0 Å². The summed E-state index contributed by atoms with van der Waals surface area (Å²) in [4.78, 5) is 3.45. The van der Waals surface area contributed by atoms with Crippen LogP contribution in [0.3, 0.4) is 0 Å². The molecule has 398 valence electrons. The summed E-state index contributed by atoms with van der Waals surface area (Å²) in [6, 6.07) is 37.9. The van der Waals surface area contributed by atoms with Gasteiger partial charge in [-0.25, -0.2) is 4.85 Å². The first-order valence-electron chi connectivity index (χ1n) is 24.7. The number of halogens is 7. The lowest BCUT2D eigenvalue weighted by Gasteiger charge is -2.19. The highest BCUT2D eigenvalue weighted by Crippen LogP contribution is 2.33. The zero-order valence-corrected chi connectivity index (χ0v) is 57.4. The Morgan fingerprint density at radius 1 is 0.301 bits per heavy atom. The van der Waals surface area contributed by atoms with Crippen LogP contribution < -0.4 is 0 Å². The number of hydrogen-bond acceptors (Lipinski definition) is 0. The third-order valence-corrected chi connectivity index (χ3v) is 16.8. The van der Waals surface area contributed by atoms with Crippen molar-refractivity contribution in [3.05, 3.63) is 209 Å². The molecule has 0 aliphatic carbocycles. The van der Waals surface area contributed by atoms with Gasteiger partial charge in [-0.3, -0.25) is 0 Å². The molecule has 6 aromatic carbocycles. The molecule has 0 saturated carbocycles. The standard InChI is InChI=1S/C11H12BrN.3C11H15Br.C11H15Cl.C10H12BrCl/c1-11(2,3)8-5-6-9(12)10(7-8)13-4;4*1-8-7-9(11(2,3)4)5-6-10(8)12;1-10(2,3)7-4-5-8(11)9(12)6-7/h5-7H,1-3H3;4*5-7H,1-4H3;4-6H,1-3H3. The number of hydrogen-bond donors (Lipinski definition) is 0. The summed E-state index contributed by atoms with van der Waals surface area (Å²) in [7, 11) is 0. The molecule has 0 unspecified atom stereocenters. The molecule has 0 saturated heterocycles. The van der Waals surface area contributed by atoms with Crippen LogP contribution in [0.4, 0.5) is 5.69 Å². The topological polar surface area (TPSA) is 4.36 Å². The first-order valence-corrected chi connectivity index (χ1v) is 29.4. The Balaban J connectivity index is 0.000000438. The Morgan fingerprint density at radius 3 is 0.781 bits per heavy atom. The van der Waals surface area contributed by atoms with E-state index in [0.29, 0.717) is 5.69 Å². The van der Waals surface area contributed by atoms with Crippen LogP contribution in [0.5, 0.6) is 0 Å². The second-order valence-corrected chi connectivity index (χ2v) is 29.8. The smallest absolute Gasteiger partial charge is 0.201 e. The van der Waals surface area contributed by atoms with Crippen molar-refractivity contribution in [1.82, 2.24) is 0 Å². The maximum atomic E-state index is 6.98. The van der Waals surface area contributed by atoms with Crippen molar-refractivity contribution in [1.29, 1.82) is 0 Å². The van der Waals surface area contributed by atoms with Crippen LogP contribution in [0.15, 0.2) is 132 Å². The van der Waals surface area contributed by atoms with E-state index in [4.69, 9.17) is 29.8 Å². The molecule has 1 nitrogen and oxygen atoms in total. The van der Waals surface area contributed by atoms with Crippen LogP contribution in [-0.4, -0.2) is 0 Å². The lowest BCUT2D eigenvalue weighted by atomic mass is 9.86. The summed E-state index contributed by atoms with van der Waals surface area (Å²) in [5, 5.41) is 1.63. The monoisotopic (exact) mass is 1340 g/mol. The number of nitrogens with zero attached hydrogens (tertiary/aromatic N) is 1. The van der Waals surface area contributed by atoms with E-state index in [1.807, 2.05) is 37.3 Å². The third kappa shape index (κ3) is 24.8. The lowest BCUT2D eigenvalue weighted by molar-refractivity contribution is 0.589. The van der Waals surface area contributed by atoms with E-state index in [2.05, 4.69) is 309 Å². The van der Waals surface area contributed by atoms with Gasteiger partial charge in [0.2, 0.25) is 5.69 Å². The number of benzene rings is 6. The fourth-order valence-corrected chi connectivity index (χ4v) is 8.09. The van der Waals surface area contributed by atoms with Gasteiger partial charge in [-0.1, -0.05) is 290 Å². The van der Waals surface area contributed by atoms with Crippen LogP contribution in [0.25, 0.3) is 4.85 Å². The minimum absolute atomic E-state index is 0.111. The molecule has 0 radical (unpaired) electrons. The zero-order chi connectivity index (χ0) is 56.8. The van der Waals surface area contributed by atoms with Crippen LogP contribution in [-0.2, 0) is 32.5 Å². The summed E-state index contributed by atoms with van der Waals surface area (Å²) in [5.41, 5.74) is 15.0. The van der Waals surface area contributed by atoms with Crippen molar-refractivity contribution in [3.63, 3.8) is 0 Å². The van der Waals surface area contributed by atoms with Crippen molar-refractivity contribution in [2.45, 2.75) is 185 Å². The molecule has 0 aliphatic heterocycles. The largest absolute Gasteiger partial charge is 0.237 e. The van der Waals surface area contributed by atoms with Crippen molar-refractivity contribution in [2.24, 2.45) is 0 Å². The van der Waals surface area contributed by atoms with Crippen molar-refractivity contribution < 1.29 is 0 Å². The normalized spacial score (nSPS) is 11.6. The quantitative estimate of drug-likeness (QED) is 0.134. The SMILES string of the molecule is CC(C)(C)c1ccc(Br)c(Cl)c1.Cc1cc(C(C)(C)C)ccc1Br.Cc1cc(C(C)(C)C)ccc1Br.Cc1cc(C(C)(C)C)ccc1Br.Cc1cc(C(C)(C)C)ccc1Cl.[C-]#[N+]c1cc(C(C)(C)C)ccc1Br. The van der Waals surface area contributed by atoms with Crippen LogP contribution >= 0.6 is 103 Å². The van der Waals surface area contributed by atoms with Gasteiger partial charge in [0.25, 0.3) is 0 Å². The first-order chi connectivity index (χ1) is 33.0. The molecular formula is C65H84Br5Cl2N. The van der Waals surface area contributed by atoms with Gasteiger partial charge in [0, 0.05) is 27.4 Å². The van der Waals surface area contributed by atoms with E-state index in [1.54, 1.807) is 0 Å². The Hall–Kier alpha value is -2.21. The third-order valence-electron chi connectivity index (χ3n) is 11.8. The molecule has 0 aromatic heterocycles. The Labute approximate surface area is 497 Å². The van der Waals surface area contributed by atoms with Crippen LogP contribution in [0.1, 0.15) is 180 Å². The number of rotatable bonds is 0. The maximum absolute atomic E-state index is 6.98. The summed E-state index contributed by atoms with van der Waals surface area (Å²) < 4.78 is 5.40. The second-order valence-electron chi connectivity index (χ2n) is 24.8. The van der Waals surface area contributed by atoms with Gasteiger partial charge in [-0.15, -0.1) is 0 Å². The minimum Gasteiger partial charge on any atom is -0.237 e. The molecule has 0 bridgehead atoms.